The van der Waals surface area contributed by atoms with Crippen LogP contribution in [0.4, 0.5) is 0 Å². The second kappa shape index (κ2) is 5.95. The summed E-state index contributed by atoms with van der Waals surface area (Å²) in [6, 6.07) is 10.4. The quantitative estimate of drug-likeness (QED) is 0.685. The van der Waals surface area contributed by atoms with Gasteiger partial charge in [-0.25, -0.2) is 0 Å². The molecule has 1 rings (SSSR count). The SMILES string of the molecule is [Br][Hg][CH2]C=Cc1ccccc1. The second-order valence-corrected chi connectivity index (χ2v) is 13.0. The van der Waals surface area contributed by atoms with Gasteiger partial charge in [0.25, 0.3) is 0 Å². The average Bonchev–Trinajstić information content (AvgIpc) is 2.07. The minimum absolute atomic E-state index is 0.585. The van der Waals surface area contributed by atoms with Crippen LogP contribution in [0, 0.1) is 0 Å². The van der Waals surface area contributed by atoms with Crippen molar-refractivity contribution in [1.29, 1.82) is 0 Å². The maximum atomic E-state index is 3.59. The van der Waals surface area contributed by atoms with E-state index in [-0.39, 0.29) is 0 Å². The number of hydrogen-bond donors (Lipinski definition) is 0. The molecule has 1 aromatic rings. The Bertz CT molecular complexity index is 218. The van der Waals surface area contributed by atoms with Crippen LogP contribution in [0.3, 0.4) is 0 Å². The van der Waals surface area contributed by atoms with E-state index in [0.717, 1.165) is 0 Å². The van der Waals surface area contributed by atoms with Gasteiger partial charge in [0.05, 0.1) is 0 Å². The van der Waals surface area contributed by atoms with Crippen molar-refractivity contribution in [1.82, 2.24) is 0 Å². The Kier molecular flexibility index (Phi) is 5.12. The number of benzene rings is 1. The van der Waals surface area contributed by atoms with Crippen LogP contribution in [0.25, 0.3) is 6.08 Å². The van der Waals surface area contributed by atoms with Gasteiger partial charge in [-0.05, 0) is 0 Å². The molecule has 0 amide bonds. The van der Waals surface area contributed by atoms with Gasteiger partial charge >= 0.3 is 86.0 Å². The summed E-state index contributed by atoms with van der Waals surface area (Å²) in [5.74, 6) is 0. The summed E-state index contributed by atoms with van der Waals surface area (Å²) in [5, 5.41) is 0. The van der Waals surface area contributed by atoms with E-state index in [1.54, 1.807) is 0 Å². The van der Waals surface area contributed by atoms with E-state index in [9.17, 15) is 0 Å². The van der Waals surface area contributed by atoms with Crippen LogP contribution >= 0.6 is 11.9 Å². The Hall–Kier alpha value is 0.375. The van der Waals surface area contributed by atoms with Crippen molar-refractivity contribution >= 4 is 18.0 Å². The predicted molar refractivity (Wildman–Crippen MR) is 49.2 cm³/mol. The van der Waals surface area contributed by atoms with E-state index in [0.29, 0.717) is 0 Å². The summed E-state index contributed by atoms with van der Waals surface area (Å²) < 4.78 is 1.31. The first-order chi connectivity index (χ1) is 5.43. The fourth-order valence-corrected chi connectivity index (χ4v) is 4.30. The maximum absolute atomic E-state index is 3.59. The third-order valence-corrected chi connectivity index (χ3v) is 7.55. The molecule has 0 spiro atoms. The fourth-order valence-electron chi connectivity index (χ4n) is 0.847. The molecule has 0 saturated carbocycles. The van der Waals surface area contributed by atoms with Crippen LogP contribution in [-0.2, 0) is 22.1 Å². The molecular weight excluding hydrogens is 389 g/mol. The van der Waals surface area contributed by atoms with Crippen molar-refractivity contribution < 1.29 is 22.1 Å². The first-order valence-corrected chi connectivity index (χ1v) is 19.5. The third-order valence-electron chi connectivity index (χ3n) is 1.39. The van der Waals surface area contributed by atoms with E-state index in [1.807, 2.05) is 6.07 Å². The molecule has 2 heteroatoms. The zero-order valence-electron chi connectivity index (χ0n) is 6.33. The van der Waals surface area contributed by atoms with Crippen LogP contribution in [0.2, 0.25) is 3.93 Å². The zero-order chi connectivity index (χ0) is 7.94. The molecule has 0 atom stereocenters. The molecule has 0 N–H and O–H groups in total. The Morgan fingerprint density at radius 1 is 1.27 bits per heavy atom. The van der Waals surface area contributed by atoms with Crippen molar-refractivity contribution in [2.75, 3.05) is 0 Å². The Morgan fingerprint density at radius 2 is 2.00 bits per heavy atom. The van der Waals surface area contributed by atoms with Gasteiger partial charge in [0.15, 0.2) is 0 Å². The molecule has 0 radical (unpaired) electrons. The van der Waals surface area contributed by atoms with E-state index < -0.39 is 22.1 Å². The van der Waals surface area contributed by atoms with Gasteiger partial charge in [-0.1, -0.05) is 0 Å². The van der Waals surface area contributed by atoms with Crippen LogP contribution in [0.1, 0.15) is 5.56 Å². The van der Waals surface area contributed by atoms with Gasteiger partial charge < -0.3 is 0 Å². The van der Waals surface area contributed by atoms with Gasteiger partial charge in [-0.2, -0.15) is 0 Å². The van der Waals surface area contributed by atoms with Crippen molar-refractivity contribution in [3.05, 3.63) is 42.0 Å². The molecule has 0 fully saturated rings. The fraction of sp³-hybridized carbons (Fsp3) is 0.111. The molecule has 0 aromatic heterocycles. The van der Waals surface area contributed by atoms with E-state index >= 15 is 0 Å². The van der Waals surface area contributed by atoms with Gasteiger partial charge in [-0.15, -0.1) is 0 Å². The number of rotatable bonds is 3. The predicted octanol–water partition coefficient (Wildman–Crippen LogP) is 3.51. The molecule has 0 bridgehead atoms. The molecule has 0 heterocycles. The van der Waals surface area contributed by atoms with E-state index in [4.69, 9.17) is 0 Å². The summed E-state index contributed by atoms with van der Waals surface area (Å²) in [6.07, 6.45) is 4.47. The molecule has 11 heavy (non-hydrogen) atoms. The molecule has 0 aliphatic heterocycles. The number of allylic oxidation sites excluding steroid dienone is 1. The van der Waals surface area contributed by atoms with Crippen LogP contribution in [0.5, 0.6) is 0 Å². The minimum atomic E-state index is -0.585. The monoisotopic (exact) mass is 398 g/mol. The average molecular weight is 398 g/mol. The standard InChI is InChI=1S/C9H9.BrH.Hg/c1-2-6-9-7-4-3-5-8-9;;/h2-8H,1H2;1H;/q;;+1/p-1. The summed E-state index contributed by atoms with van der Waals surface area (Å²) in [5.41, 5.74) is 1.31. The normalized spacial score (nSPS) is 9.91. The van der Waals surface area contributed by atoms with Gasteiger partial charge in [-0.3, -0.25) is 0 Å². The first kappa shape index (κ1) is 9.46. The molecule has 0 saturated heterocycles. The summed E-state index contributed by atoms with van der Waals surface area (Å²) in [6.45, 7) is 0. The molecule has 0 aliphatic carbocycles. The van der Waals surface area contributed by atoms with Gasteiger partial charge in [0, 0.05) is 0 Å². The molecule has 1 aromatic carbocycles. The van der Waals surface area contributed by atoms with E-state index in [2.05, 4.69) is 48.3 Å². The molecular formula is C9H9BrHg. The molecule has 54 valence electrons. The van der Waals surface area contributed by atoms with Crippen LogP contribution in [0.15, 0.2) is 36.4 Å². The summed E-state index contributed by atoms with van der Waals surface area (Å²) >= 11 is 3.01. The Morgan fingerprint density at radius 3 is 2.64 bits per heavy atom. The summed E-state index contributed by atoms with van der Waals surface area (Å²) in [7, 11) is 0. The van der Waals surface area contributed by atoms with Crippen LogP contribution < -0.4 is 0 Å². The van der Waals surface area contributed by atoms with Crippen molar-refractivity contribution in [3.63, 3.8) is 0 Å². The zero-order valence-corrected chi connectivity index (χ0v) is 13.4. The first-order valence-electron chi connectivity index (χ1n) is 3.71. The van der Waals surface area contributed by atoms with Crippen molar-refractivity contribution in [2.45, 2.75) is 3.93 Å². The third kappa shape index (κ3) is 4.07. The molecule has 0 nitrogen and oxygen atoms in total. The topological polar surface area (TPSA) is 0 Å². The molecule has 0 unspecified atom stereocenters. The van der Waals surface area contributed by atoms with Crippen LogP contribution in [-0.4, -0.2) is 0 Å². The molecule has 0 aliphatic rings. The Balaban J connectivity index is 2.50. The van der Waals surface area contributed by atoms with Gasteiger partial charge in [0.2, 0.25) is 0 Å². The summed E-state index contributed by atoms with van der Waals surface area (Å²) in [4.78, 5) is 0. The Labute approximate surface area is 85.4 Å². The number of halogens is 1. The van der Waals surface area contributed by atoms with Crippen molar-refractivity contribution in [3.8, 4) is 0 Å². The van der Waals surface area contributed by atoms with Crippen molar-refractivity contribution in [2.24, 2.45) is 0 Å². The number of hydrogen-bond acceptors (Lipinski definition) is 0. The second-order valence-electron chi connectivity index (χ2n) is 2.29. The van der Waals surface area contributed by atoms with Gasteiger partial charge in [0.1, 0.15) is 0 Å². The van der Waals surface area contributed by atoms with E-state index in [1.165, 1.54) is 9.49 Å².